The summed E-state index contributed by atoms with van der Waals surface area (Å²) in [5.41, 5.74) is -3.15. The number of aliphatic hydroxyl groups is 3. The van der Waals surface area contributed by atoms with Crippen molar-refractivity contribution in [2.24, 2.45) is 11.3 Å². The lowest BCUT2D eigenvalue weighted by atomic mass is 9.96. The average Bonchev–Trinajstić information content (AvgIpc) is 3.13. The third-order valence-corrected chi connectivity index (χ3v) is 9.48. The molecule has 1 aromatic carbocycles. The number of benzene rings is 1. The maximum Gasteiger partial charge on any atom is 0.405 e. The Kier molecular flexibility index (Phi) is 10.5. The number of nitrogens with one attached hydrogen (secondary N) is 2. The van der Waals surface area contributed by atoms with Crippen LogP contribution in [0.25, 0.3) is 0 Å². The van der Waals surface area contributed by atoms with E-state index in [2.05, 4.69) is 10.1 Å². The normalized spacial score (nSPS) is 24.9. The fourth-order valence-electron chi connectivity index (χ4n) is 4.21. The largest absolute Gasteiger partial charge is 0.405 e. The van der Waals surface area contributed by atoms with Gasteiger partial charge >= 0.3 is 13.4 Å². The second-order valence-electron chi connectivity index (χ2n) is 10.3. The van der Waals surface area contributed by atoms with Gasteiger partial charge in [0.15, 0.2) is 5.12 Å². The minimum Gasteiger partial charge on any atom is -0.395 e. The summed E-state index contributed by atoms with van der Waals surface area (Å²) in [6.45, 7) is 4.10. The molecule has 3 rings (SSSR count). The van der Waals surface area contributed by atoms with Crippen molar-refractivity contribution in [1.29, 1.82) is 0 Å². The molecule has 0 amide bonds. The van der Waals surface area contributed by atoms with E-state index in [1.807, 2.05) is 30.3 Å². The molecule has 5 atom stereocenters. The van der Waals surface area contributed by atoms with Crippen molar-refractivity contribution in [2.45, 2.75) is 51.5 Å². The number of carbonyl (C=O) groups is 1. The van der Waals surface area contributed by atoms with E-state index >= 15 is 0 Å². The van der Waals surface area contributed by atoms with Gasteiger partial charge in [-0.2, -0.15) is 0 Å². The van der Waals surface area contributed by atoms with Crippen molar-refractivity contribution in [2.75, 3.05) is 25.6 Å². The molecule has 0 bridgehead atoms. The summed E-state index contributed by atoms with van der Waals surface area (Å²) in [7, 11) is -3.95. The van der Waals surface area contributed by atoms with Gasteiger partial charge in [-0.15, -0.1) is 0 Å². The van der Waals surface area contributed by atoms with Crippen molar-refractivity contribution < 1.29 is 33.7 Å². The van der Waals surface area contributed by atoms with Gasteiger partial charge in [-0.1, -0.05) is 42.1 Å². The Morgan fingerprint density at radius 2 is 1.95 bits per heavy atom. The quantitative estimate of drug-likeness (QED) is 0.169. The fourth-order valence-corrected chi connectivity index (χ4v) is 6.50. The molecule has 1 fully saturated rings. The molecule has 12 nitrogen and oxygen atoms in total. The van der Waals surface area contributed by atoms with Gasteiger partial charge in [-0.3, -0.25) is 28.2 Å². The van der Waals surface area contributed by atoms with E-state index in [1.54, 1.807) is 13.8 Å². The van der Waals surface area contributed by atoms with E-state index in [-0.39, 0.29) is 43.7 Å². The topological polar surface area (TPSA) is 180 Å². The number of carbonyl (C=O) groups excluding carboxylic acids is 1. The molecule has 1 aromatic heterocycles. The first-order valence-corrected chi connectivity index (χ1v) is 15.0. The number of hydrogen-bond donors (Lipinski definition) is 5. The minimum atomic E-state index is -3.95. The smallest absolute Gasteiger partial charge is 0.395 e. The van der Waals surface area contributed by atoms with E-state index in [4.69, 9.17) is 9.05 Å². The number of thioether (sulfide) groups is 1. The van der Waals surface area contributed by atoms with Gasteiger partial charge in [0.2, 0.25) is 0 Å². The van der Waals surface area contributed by atoms with Crippen LogP contribution >= 0.6 is 19.5 Å². The van der Waals surface area contributed by atoms with Gasteiger partial charge in [-0.05, 0) is 32.8 Å². The molecule has 0 aliphatic heterocycles. The molecule has 1 aliphatic carbocycles. The van der Waals surface area contributed by atoms with E-state index in [0.29, 0.717) is 0 Å². The highest BCUT2D eigenvalue weighted by atomic mass is 32.2. The van der Waals surface area contributed by atoms with Crippen molar-refractivity contribution in [3.8, 4) is 0 Å². The monoisotopic (exact) mass is 585 g/mol. The summed E-state index contributed by atoms with van der Waals surface area (Å²) >= 11 is 0.948. The third-order valence-electron chi connectivity index (χ3n) is 6.74. The number of hydrogen-bond acceptors (Lipinski definition) is 10. The van der Waals surface area contributed by atoms with Crippen LogP contribution < -0.4 is 16.3 Å². The molecule has 0 saturated heterocycles. The zero-order chi connectivity index (χ0) is 28.8. The van der Waals surface area contributed by atoms with Gasteiger partial charge in [0.25, 0.3) is 5.56 Å². The zero-order valence-corrected chi connectivity index (χ0v) is 23.8. The highest BCUT2D eigenvalue weighted by molar-refractivity contribution is 8.13. The summed E-state index contributed by atoms with van der Waals surface area (Å²) in [6, 6.07) is 9.42. The van der Waals surface area contributed by atoms with Crippen LogP contribution in [-0.4, -0.2) is 67.3 Å². The summed E-state index contributed by atoms with van der Waals surface area (Å²) in [4.78, 5) is 38.1. The number of aromatic amines is 1. The minimum absolute atomic E-state index is 0.0966. The second-order valence-corrected chi connectivity index (χ2v) is 13.2. The fraction of sp³-hybridized carbons (Fsp3) is 0.560. The van der Waals surface area contributed by atoms with Crippen LogP contribution in [0.2, 0.25) is 0 Å². The molecule has 0 spiro atoms. The molecule has 1 saturated carbocycles. The molecular weight excluding hydrogens is 549 g/mol. The highest BCUT2D eigenvalue weighted by Crippen LogP contribution is 2.48. The Hall–Kier alpha value is -2.09. The SMILES string of the molecule is CC(C)(CO)C(=O)SCCOP(=O)(NCc1ccccc1)OC[C@H]1C[C@@H](n2ccc(=O)[nH]c2=O)[C@](C)(O)[C@@H]1O. The third kappa shape index (κ3) is 7.99. The number of H-pyrrole nitrogens is 1. The Morgan fingerprint density at radius 1 is 1.26 bits per heavy atom. The maximum atomic E-state index is 13.6. The maximum absolute atomic E-state index is 13.6. The molecule has 1 heterocycles. The summed E-state index contributed by atoms with van der Waals surface area (Å²) in [5, 5.41) is 33.8. The molecule has 2 aromatic rings. The summed E-state index contributed by atoms with van der Waals surface area (Å²) in [5.74, 6) is -0.554. The zero-order valence-electron chi connectivity index (χ0n) is 22.1. The van der Waals surface area contributed by atoms with Crippen molar-refractivity contribution >= 4 is 24.6 Å². The van der Waals surface area contributed by atoms with E-state index in [1.165, 1.54) is 13.1 Å². The van der Waals surface area contributed by atoms with E-state index in [0.717, 1.165) is 28.0 Å². The summed E-state index contributed by atoms with van der Waals surface area (Å²) < 4.78 is 26.1. The Morgan fingerprint density at radius 3 is 2.59 bits per heavy atom. The van der Waals surface area contributed by atoms with Crippen LogP contribution in [0.1, 0.15) is 38.8 Å². The van der Waals surface area contributed by atoms with Crippen molar-refractivity contribution in [3.63, 3.8) is 0 Å². The van der Waals surface area contributed by atoms with Gasteiger partial charge in [0.05, 0.1) is 37.4 Å². The first-order chi connectivity index (χ1) is 18.3. The highest BCUT2D eigenvalue weighted by Gasteiger charge is 2.52. The Balaban J connectivity index is 1.69. The molecular formula is C25H36N3O9PS. The van der Waals surface area contributed by atoms with Crippen LogP contribution in [0.3, 0.4) is 0 Å². The van der Waals surface area contributed by atoms with Crippen LogP contribution in [0, 0.1) is 11.3 Å². The van der Waals surface area contributed by atoms with Crippen LogP contribution in [0.5, 0.6) is 0 Å². The molecule has 39 heavy (non-hydrogen) atoms. The number of aromatic nitrogens is 2. The Bertz CT molecular complexity index is 1280. The lowest BCUT2D eigenvalue weighted by Crippen LogP contribution is -2.46. The number of rotatable bonds is 13. The van der Waals surface area contributed by atoms with Crippen molar-refractivity contribution in [3.05, 3.63) is 69.0 Å². The van der Waals surface area contributed by atoms with E-state index < -0.39 is 48.1 Å². The van der Waals surface area contributed by atoms with Gasteiger partial charge < -0.3 is 15.3 Å². The molecule has 1 aliphatic rings. The first-order valence-electron chi connectivity index (χ1n) is 12.5. The van der Waals surface area contributed by atoms with E-state index in [9.17, 15) is 34.3 Å². The number of aliphatic hydroxyl groups excluding tert-OH is 2. The van der Waals surface area contributed by atoms with Crippen molar-refractivity contribution in [1.82, 2.24) is 14.6 Å². The lowest BCUT2D eigenvalue weighted by molar-refractivity contribution is -0.119. The molecule has 14 heteroatoms. The predicted octanol–water partition coefficient (Wildman–Crippen LogP) is 1.42. The van der Waals surface area contributed by atoms with Crippen LogP contribution in [0.15, 0.2) is 52.2 Å². The number of nitrogens with zero attached hydrogens (tertiary/aromatic N) is 1. The average molecular weight is 586 g/mol. The lowest BCUT2D eigenvalue weighted by Gasteiger charge is -2.30. The Labute approximate surface area is 230 Å². The van der Waals surface area contributed by atoms with Crippen LogP contribution in [-0.2, 0) is 25.0 Å². The molecule has 0 radical (unpaired) electrons. The molecule has 216 valence electrons. The van der Waals surface area contributed by atoms with Gasteiger partial charge in [-0.25, -0.2) is 14.4 Å². The van der Waals surface area contributed by atoms with Gasteiger partial charge in [0.1, 0.15) is 5.60 Å². The van der Waals surface area contributed by atoms with Gasteiger partial charge in [0, 0.05) is 30.5 Å². The van der Waals surface area contributed by atoms with Crippen LogP contribution in [0.4, 0.5) is 0 Å². The first kappa shape index (κ1) is 31.4. The summed E-state index contributed by atoms with van der Waals surface area (Å²) in [6.07, 6.45) is 0.0139. The molecule has 1 unspecified atom stereocenters. The predicted molar refractivity (Wildman–Crippen MR) is 146 cm³/mol. The standard InChI is InChI=1S/C25H36N3O9PS/c1-24(2,16-29)22(32)39-12-11-36-38(35,26-14-17-7-5-4-6-8-17)37-15-18-13-19(25(3,34)21(18)31)28-10-9-20(30)27-23(28)33/h4-10,18-19,21,29,31,34H,11-16H2,1-3H3,(H,26,35)(H,27,30,33)/t18-,19-,21-,25+,38?/m1/s1. The molecule has 5 N–H and O–H groups in total. The second kappa shape index (κ2) is 13.0.